The Bertz CT molecular complexity index is 636. The Morgan fingerprint density at radius 3 is 2.68 bits per heavy atom. The fourth-order valence-electron chi connectivity index (χ4n) is 3.92. The highest BCUT2D eigenvalue weighted by atomic mass is 15.3. The van der Waals surface area contributed by atoms with Crippen molar-refractivity contribution in [1.29, 1.82) is 0 Å². The van der Waals surface area contributed by atoms with Gasteiger partial charge in [0.1, 0.15) is 0 Å². The lowest BCUT2D eigenvalue weighted by Crippen LogP contribution is -2.58. The monoisotopic (exact) mass is 296 g/mol. The van der Waals surface area contributed by atoms with Crippen LogP contribution >= 0.6 is 0 Å². The summed E-state index contributed by atoms with van der Waals surface area (Å²) in [6, 6.07) is 12.0. The van der Waals surface area contributed by atoms with Crippen molar-refractivity contribution in [3.05, 3.63) is 47.8 Å². The van der Waals surface area contributed by atoms with Crippen LogP contribution in [0.25, 0.3) is 5.69 Å². The highest BCUT2D eigenvalue weighted by Crippen LogP contribution is 2.22. The summed E-state index contributed by atoms with van der Waals surface area (Å²) in [5.74, 6) is 0. The topological polar surface area (TPSA) is 33.1 Å². The summed E-state index contributed by atoms with van der Waals surface area (Å²) in [5.41, 5.74) is 3.75. The number of aromatic nitrogens is 2. The summed E-state index contributed by atoms with van der Waals surface area (Å²) in [4.78, 5) is 2.59. The van der Waals surface area contributed by atoms with Crippen molar-refractivity contribution >= 4 is 0 Å². The van der Waals surface area contributed by atoms with Gasteiger partial charge in [0, 0.05) is 37.9 Å². The Labute approximate surface area is 132 Å². The van der Waals surface area contributed by atoms with E-state index in [0.29, 0.717) is 12.1 Å². The third-order valence-electron chi connectivity index (χ3n) is 4.98. The van der Waals surface area contributed by atoms with Gasteiger partial charge in [0.05, 0.1) is 11.4 Å². The number of piperidine rings is 1. The number of piperazine rings is 1. The average molecular weight is 296 g/mol. The number of fused-ring (bicyclic) bond motifs is 2. The Hall–Kier alpha value is -1.65. The van der Waals surface area contributed by atoms with Gasteiger partial charge in [-0.05, 0) is 37.5 Å². The van der Waals surface area contributed by atoms with E-state index in [1.165, 1.54) is 36.2 Å². The van der Waals surface area contributed by atoms with E-state index in [1.54, 1.807) is 0 Å². The molecule has 2 aliphatic rings. The molecule has 0 amide bonds. The summed E-state index contributed by atoms with van der Waals surface area (Å²) >= 11 is 0. The number of hydrogen-bond donors (Lipinski definition) is 1. The molecular formula is C18H24N4. The van der Waals surface area contributed by atoms with Gasteiger partial charge in [-0.25, -0.2) is 4.68 Å². The molecule has 2 bridgehead atoms. The molecule has 2 aliphatic heterocycles. The predicted molar refractivity (Wildman–Crippen MR) is 88.1 cm³/mol. The van der Waals surface area contributed by atoms with Gasteiger partial charge in [-0.1, -0.05) is 24.6 Å². The molecule has 116 valence electrons. The molecule has 0 spiro atoms. The maximum atomic E-state index is 4.56. The molecule has 0 radical (unpaired) electrons. The van der Waals surface area contributed by atoms with Gasteiger partial charge in [0.25, 0.3) is 0 Å². The molecule has 3 heterocycles. The van der Waals surface area contributed by atoms with Crippen LogP contribution in [0.4, 0.5) is 0 Å². The van der Waals surface area contributed by atoms with E-state index >= 15 is 0 Å². The molecule has 2 fully saturated rings. The van der Waals surface area contributed by atoms with Crippen molar-refractivity contribution in [3.8, 4) is 5.69 Å². The minimum Gasteiger partial charge on any atom is -0.309 e. The normalized spacial score (nSPS) is 25.3. The second-order valence-corrected chi connectivity index (χ2v) is 6.71. The quantitative estimate of drug-likeness (QED) is 0.945. The van der Waals surface area contributed by atoms with Gasteiger partial charge in [-0.3, -0.25) is 4.90 Å². The Balaban J connectivity index is 1.55. The molecule has 1 N–H and O–H groups in total. The number of aryl methyl sites for hydroxylation is 1. The Morgan fingerprint density at radius 2 is 1.91 bits per heavy atom. The summed E-state index contributed by atoms with van der Waals surface area (Å²) in [7, 11) is 0. The maximum absolute atomic E-state index is 4.56. The molecule has 1 aromatic heterocycles. The van der Waals surface area contributed by atoms with Crippen LogP contribution in [0.2, 0.25) is 0 Å². The molecule has 2 saturated heterocycles. The van der Waals surface area contributed by atoms with E-state index in [2.05, 4.69) is 57.3 Å². The van der Waals surface area contributed by atoms with Gasteiger partial charge in [-0.2, -0.15) is 5.10 Å². The molecule has 4 nitrogen and oxygen atoms in total. The molecule has 4 heteroatoms. The molecule has 0 aliphatic carbocycles. The van der Waals surface area contributed by atoms with Crippen LogP contribution in [0.15, 0.2) is 36.5 Å². The zero-order valence-corrected chi connectivity index (χ0v) is 13.2. The maximum Gasteiger partial charge on any atom is 0.0678 e. The molecule has 2 atom stereocenters. The van der Waals surface area contributed by atoms with Gasteiger partial charge in [0.15, 0.2) is 0 Å². The van der Waals surface area contributed by atoms with E-state index in [-0.39, 0.29) is 0 Å². The zero-order valence-electron chi connectivity index (χ0n) is 13.2. The standard InChI is InChI=1S/C18H24N4/c1-14-5-2-3-8-18(14)22-17(9-10-19-22)13-21-11-15-6-4-7-16(12-21)20-15/h2-3,5,8-10,15-16,20H,4,6-7,11-13H2,1H3. The highest BCUT2D eigenvalue weighted by Gasteiger charge is 2.30. The first-order valence-electron chi connectivity index (χ1n) is 8.37. The van der Waals surface area contributed by atoms with Gasteiger partial charge in [-0.15, -0.1) is 0 Å². The first-order chi connectivity index (χ1) is 10.8. The van der Waals surface area contributed by atoms with Crippen LogP contribution < -0.4 is 5.32 Å². The number of rotatable bonds is 3. The lowest BCUT2D eigenvalue weighted by Gasteiger charge is -2.42. The molecule has 1 aromatic carbocycles. The first-order valence-corrected chi connectivity index (χ1v) is 8.37. The van der Waals surface area contributed by atoms with E-state index in [4.69, 9.17) is 0 Å². The van der Waals surface area contributed by atoms with Crippen LogP contribution in [0, 0.1) is 6.92 Å². The minimum absolute atomic E-state index is 0.683. The summed E-state index contributed by atoms with van der Waals surface area (Å²) in [6.45, 7) is 5.46. The van der Waals surface area contributed by atoms with E-state index in [9.17, 15) is 0 Å². The van der Waals surface area contributed by atoms with E-state index in [1.807, 2.05) is 6.20 Å². The third-order valence-corrected chi connectivity index (χ3v) is 4.98. The lowest BCUT2D eigenvalue weighted by atomic mass is 9.94. The van der Waals surface area contributed by atoms with Crippen molar-refractivity contribution in [2.75, 3.05) is 13.1 Å². The third kappa shape index (κ3) is 2.69. The SMILES string of the molecule is Cc1ccccc1-n1nccc1CN1CC2CCCC(C1)N2. The number of para-hydroxylation sites is 1. The zero-order chi connectivity index (χ0) is 14.9. The molecule has 2 unspecified atom stereocenters. The van der Waals surface area contributed by atoms with Gasteiger partial charge >= 0.3 is 0 Å². The van der Waals surface area contributed by atoms with Crippen LogP contribution in [-0.2, 0) is 6.54 Å². The van der Waals surface area contributed by atoms with Crippen molar-refractivity contribution in [1.82, 2.24) is 20.0 Å². The summed E-state index contributed by atoms with van der Waals surface area (Å²) < 4.78 is 2.10. The number of hydrogen-bond acceptors (Lipinski definition) is 3. The molecule has 0 saturated carbocycles. The van der Waals surface area contributed by atoms with Gasteiger partial charge < -0.3 is 5.32 Å². The number of benzene rings is 1. The Kier molecular flexibility index (Phi) is 3.72. The number of nitrogens with zero attached hydrogens (tertiary/aromatic N) is 3. The van der Waals surface area contributed by atoms with Crippen LogP contribution in [-0.4, -0.2) is 39.9 Å². The second kappa shape index (κ2) is 5.86. The molecule has 2 aromatic rings. The number of likely N-dealkylation sites (tertiary alicyclic amines) is 1. The minimum atomic E-state index is 0.683. The van der Waals surface area contributed by atoms with Gasteiger partial charge in [0.2, 0.25) is 0 Å². The first kappa shape index (κ1) is 14.0. The second-order valence-electron chi connectivity index (χ2n) is 6.71. The van der Waals surface area contributed by atoms with Crippen LogP contribution in [0.5, 0.6) is 0 Å². The molecule has 4 rings (SSSR count). The average Bonchev–Trinajstić information content (AvgIpc) is 2.95. The lowest BCUT2D eigenvalue weighted by molar-refractivity contribution is 0.118. The molecule has 22 heavy (non-hydrogen) atoms. The van der Waals surface area contributed by atoms with Crippen LogP contribution in [0.1, 0.15) is 30.5 Å². The largest absolute Gasteiger partial charge is 0.309 e. The van der Waals surface area contributed by atoms with Crippen molar-refractivity contribution in [2.24, 2.45) is 0 Å². The highest BCUT2D eigenvalue weighted by molar-refractivity contribution is 5.40. The predicted octanol–water partition coefficient (Wildman–Crippen LogP) is 2.51. The summed E-state index contributed by atoms with van der Waals surface area (Å²) in [5, 5.41) is 8.31. The summed E-state index contributed by atoms with van der Waals surface area (Å²) in [6.07, 6.45) is 5.95. The van der Waals surface area contributed by atoms with Crippen molar-refractivity contribution in [2.45, 2.75) is 44.8 Å². The number of nitrogens with one attached hydrogen (secondary N) is 1. The van der Waals surface area contributed by atoms with Crippen molar-refractivity contribution in [3.63, 3.8) is 0 Å². The van der Waals surface area contributed by atoms with Crippen LogP contribution in [0.3, 0.4) is 0 Å². The fraction of sp³-hybridized carbons (Fsp3) is 0.500. The fourth-order valence-corrected chi connectivity index (χ4v) is 3.92. The van der Waals surface area contributed by atoms with E-state index in [0.717, 1.165) is 19.6 Å². The van der Waals surface area contributed by atoms with E-state index < -0.39 is 0 Å². The van der Waals surface area contributed by atoms with Crippen molar-refractivity contribution < 1.29 is 0 Å². The Morgan fingerprint density at radius 1 is 1.14 bits per heavy atom. The smallest absolute Gasteiger partial charge is 0.0678 e. The molecular weight excluding hydrogens is 272 g/mol.